The largest absolute Gasteiger partial charge is 0.203 e. The van der Waals surface area contributed by atoms with E-state index in [1.54, 1.807) is 0 Å². The van der Waals surface area contributed by atoms with Crippen molar-refractivity contribution in [3.05, 3.63) is 97.1 Å². The summed E-state index contributed by atoms with van der Waals surface area (Å²) in [5, 5.41) is 0. The fraction of sp³-hybridized carbons (Fsp3) is 0.111. The van der Waals surface area contributed by atoms with Gasteiger partial charge in [-0.1, -0.05) is 13.8 Å². The summed E-state index contributed by atoms with van der Waals surface area (Å²) in [6.45, 7) is 2.40. The van der Waals surface area contributed by atoms with Crippen molar-refractivity contribution >= 4 is 35.2 Å². The smallest absolute Gasteiger partial charge is 0.175 e. The molecule has 41 heavy (non-hydrogen) atoms. The van der Waals surface area contributed by atoms with E-state index >= 15 is 8.78 Å². The molecule has 0 bridgehead atoms. The van der Waals surface area contributed by atoms with Crippen molar-refractivity contribution in [1.82, 2.24) is 0 Å². The van der Waals surface area contributed by atoms with E-state index in [-0.39, 0.29) is 0 Å². The minimum atomic E-state index is -2.13. The van der Waals surface area contributed by atoms with Crippen molar-refractivity contribution in [2.75, 3.05) is 0 Å². The second-order valence-electron chi connectivity index (χ2n) is 8.92. The van der Waals surface area contributed by atoms with Crippen molar-refractivity contribution < 1.29 is 52.7 Å². The Labute approximate surface area is 242 Å². The van der Waals surface area contributed by atoms with E-state index in [0.29, 0.717) is 18.2 Å². The number of hydrogen-bond acceptors (Lipinski definition) is 1. The Balaban J connectivity index is 2.22. The van der Waals surface area contributed by atoms with Gasteiger partial charge in [0.15, 0.2) is 69.8 Å². The first-order chi connectivity index (χ1) is 19.0. The standard InChI is InChI=1S/C27H11F12IS/c1-6(2)10-14(28)16(30)11(17(31)15(10)29)7-3-8(12-18(32)22(36)26(40)23(37)19(12)33)5-9(4-7)13-20(34)24(38)27(41)25(39)21(13)35/h3-6,41H,1-2H3. The molecule has 0 spiro atoms. The highest BCUT2D eigenvalue weighted by molar-refractivity contribution is 14.1. The number of hydrogen-bond donors (Lipinski definition) is 1. The third-order valence-electron chi connectivity index (χ3n) is 6.12. The van der Waals surface area contributed by atoms with Crippen LogP contribution in [0.5, 0.6) is 0 Å². The van der Waals surface area contributed by atoms with E-state index in [4.69, 9.17) is 0 Å². The third kappa shape index (κ3) is 4.85. The Morgan fingerprint density at radius 2 is 0.732 bits per heavy atom. The molecular weight excluding hydrogens is 711 g/mol. The molecular formula is C27H11F12IS. The molecule has 0 unspecified atom stereocenters. The Kier molecular flexibility index (Phi) is 8.39. The molecule has 0 aromatic heterocycles. The fourth-order valence-electron chi connectivity index (χ4n) is 4.20. The van der Waals surface area contributed by atoms with Crippen LogP contribution < -0.4 is 0 Å². The maximum absolute atomic E-state index is 15.2. The molecule has 4 aromatic rings. The molecule has 4 aromatic carbocycles. The lowest BCUT2D eigenvalue weighted by molar-refractivity contribution is 0.430. The quantitative estimate of drug-likeness (QED) is 0.0701. The van der Waals surface area contributed by atoms with Crippen LogP contribution in [-0.2, 0) is 0 Å². The minimum absolute atomic E-state index is 0.389. The van der Waals surface area contributed by atoms with Crippen molar-refractivity contribution in [2.45, 2.75) is 24.7 Å². The Hall–Kier alpha value is -2.88. The van der Waals surface area contributed by atoms with Gasteiger partial charge in [-0.2, -0.15) is 0 Å². The van der Waals surface area contributed by atoms with Gasteiger partial charge < -0.3 is 0 Å². The highest BCUT2D eigenvalue weighted by Gasteiger charge is 2.32. The summed E-state index contributed by atoms with van der Waals surface area (Å²) in [7, 11) is 0. The molecule has 0 heterocycles. The van der Waals surface area contributed by atoms with Gasteiger partial charge in [0.05, 0.1) is 25.2 Å². The summed E-state index contributed by atoms with van der Waals surface area (Å²) in [5.41, 5.74) is -9.01. The van der Waals surface area contributed by atoms with Crippen molar-refractivity contribution in [1.29, 1.82) is 0 Å². The van der Waals surface area contributed by atoms with Crippen LogP contribution in [0.15, 0.2) is 23.1 Å². The number of rotatable bonds is 4. The maximum Gasteiger partial charge on any atom is 0.175 e. The first-order valence-electron chi connectivity index (χ1n) is 11.1. The minimum Gasteiger partial charge on any atom is -0.203 e. The SMILES string of the molecule is CC(C)c1c(F)c(F)c(-c2cc(-c3c(F)c(F)c(S)c(F)c3F)cc(-c3c(F)c(F)c(I)c(F)c3F)c2)c(F)c1F. The van der Waals surface area contributed by atoms with Gasteiger partial charge in [-0.25, -0.2) is 52.7 Å². The Morgan fingerprint density at radius 3 is 1.02 bits per heavy atom. The highest BCUT2D eigenvalue weighted by atomic mass is 127. The summed E-state index contributed by atoms with van der Waals surface area (Å²) < 4.78 is 176. The zero-order valence-electron chi connectivity index (χ0n) is 20.2. The van der Waals surface area contributed by atoms with Crippen LogP contribution in [0.3, 0.4) is 0 Å². The van der Waals surface area contributed by atoms with Crippen LogP contribution in [-0.4, -0.2) is 0 Å². The van der Waals surface area contributed by atoms with Gasteiger partial charge in [-0.3, -0.25) is 0 Å². The summed E-state index contributed by atoms with van der Waals surface area (Å²) in [6, 6.07) is 1.19. The molecule has 0 nitrogen and oxygen atoms in total. The van der Waals surface area contributed by atoms with Crippen LogP contribution in [0, 0.1) is 73.4 Å². The third-order valence-corrected chi connectivity index (χ3v) is 7.46. The monoisotopic (exact) mass is 722 g/mol. The fourth-order valence-corrected chi connectivity index (χ4v) is 4.87. The topological polar surface area (TPSA) is 0 Å². The highest BCUT2D eigenvalue weighted by Crippen LogP contribution is 2.43. The second-order valence-corrected chi connectivity index (χ2v) is 10.4. The van der Waals surface area contributed by atoms with E-state index < -0.39 is 123 Å². The molecule has 0 aliphatic carbocycles. The summed E-state index contributed by atoms with van der Waals surface area (Å²) in [5.74, 6) is -25.4. The summed E-state index contributed by atoms with van der Waals surface area (Å²) in [6.07, 6.45) is 0. The number of halogens is 13. The summed E-state index contributed by atoms with van der Waals surface area (Å²) >= 11 is 4.23. The molecule has 14 heteroatoms. The normalized spacial score (nSPS) is 11.6. The van der Waals surface area contributed by atoms with Gasteiger partial charge >= 0.3 is 0 Å². The van der Waals surface area contributed by atoms with E-state index in [1.165, 1.54) is 13.8 Å². The molecule has 0 saturated heterocycles. The lowest BCUT2D eigenvalue weighted by Gasteiger charge is -2.18. The first-order valence-corrected chi connectivity index (χ1v) is 12.6. The van der Waals surface area contributed by atoms with Crippen molar-refractivity contribution in [3.8, 4) is 33.4 Å². The molecule has 4 rings (SSSR count). The van der Waals surface area contributed by atoms with Crippen LogP contribution in [0.1, 0.15) is 25.3 Å². The van der Waals surface area contributed by atoms with Crippen LogP contribution >= 0.6 is 35.2 Å². The van der Waals surface area contributed by atoms with Crippen molar-refractivity contribution in [2.24, 2.45) is 0 Å². The van der Waals surface area contributed by atoms with Crippen LogP contribution in [0.4, 0.5) is 52.7 Å². The van der Waals surface area contributed by atoms with Gasteiger partial charge in [0.1, 0.15) is 0 Å². The van der Waals surface area contributed by atoms with E-state index in [0.717, 1.165) is 22.6 Å². The molecule has 0 radical (unpaired) electrons. The number of thiol groups is 1. The second kappa shape index (κ2) is 11.1. The zero-order valence-corrected chi connectivity index (χ0v) is 23.2. The van der Waals surface area contributed by atoms with E-state index in [9.17, 15) is 43.9 Å². The molecule has 0 aliphatic heterocycles. The van der Waals surface area contributed by atoms with Crippen molar-refractivity contribution in [3.63, 3.8) is 0 Å². The predicted octanol–water partition coefficient (Wildman–Crippen LogP) is 10.4. The van der Waals surface area contributed by atoms with Gasteiger partial charge in [0, 0.05) is 5.56 Å². The maximum atomic E-state index is 15.2. The number of benzene rings is 4. The van der Waals surface area contributed by atoms with E-state index in [1.807, 2.05) is 0 Å². The Bertz CT molecular complexity index is 1590. The average Bonchev–Trinajstić information content (AvgIpc) is 2.92. The van der Waals surface area contributed by atoms with Crippen LogP contribution in [0.2, 0.25) is 0 Å². The van der Waals surface area contributed by atoms with E-state index in [2.05, 4.69) is 12.6 Å². The summed E-state index contributed by atoms with van der Waals surface area (Å²) in [4.78, 5) is -1.41. The molecule has 0 fully saturated rings. The molecule has 0 amide bonds. The van der Waals surface area contributed by atoms with Gasteiger partial charge in [-0.15, -0.1) is 12.6 Å². The lowest BCUT2D eigenvalue weighted by atomic mass is 9.90. The Morgan fingerprint density at radius 1 is 0.463 bits per heavy atom. The van der Waals surface area contributed by atoms with Crippen LogP contribution in [0.25, 0.3) is 33.4 Å². The van der Waals surface area contributed by atoms with Gasteiger partial charge in [0.2, 0.25) is 0 Å². The van der Waals surface area contributed by atoms with Gasteiger partial charge in [0.25, 0.3) is 0 Å². The average molecular weight is 722 g/mol. The first kappa shape index (κ1) is 31.1. The zero-order chi connectivity index (χ0) is 30.8. The lowest BCUT2D eigenvalue weighted by Crippen LogP contribution is -2.08. The molecule has 0 saturated carbocycles. The van der Waals surface area contributed by atoms with Gasteiger partial charge in [-0.05, 0) is 63.4 Å². The molecule has 216 valence electrons. The molecule has 0 aliphatic rings. The molecule has 0 N–H and O–H groups in total. The molecule has 0 atom stereocenters. The predicted molar refractivity (Wildman–Crippen MR) is 136 cm³/mol.